The predicted octanol–water partition coefficient (Wildman–Crippen LogP) is 3.36. The highest BCUT2D eigenvalue weighted by atomic mass is 16.5. The minimum Gasteiger partial charge on any atom is -0.497 e. The number of esters is 1. The average molecular weight is 358 g/mol. The Morgan fingerprint density at radius 2 is 2.04 bits per heavy atom. The maximum atomic E-state index is 12.0. The summed E-state index contributed by atoms with van der Waals surface area (Å²) in [6.07, 6.45) is 1.36. The Bertz CT molecular complexity index is 722. The normalized spacial score (nSPS) is 26.0. The zero-order valence-corrected chi connectivity index (χ0v) is 15.8. The van der Waals surface area contributed by atoms with Gasteiger partial charge in [-0.25, -0.2) is 4.79 Å². The van der Waals surface area contributed by atoms with Crippen LogP contribution in [0.25, 0.3) is 0 Å². The van der Waals surface area contributed by atoms with E-state index in [0.717, 1.165) is 35.7 Å². The second-order valence-electron chi connectivity index (χ2n) is 7.42. The first-order valence-corrected chi connectivity index (χ1v) is 8.98. The smallest absolute Gasteiger partial charge is 0.333 e. The van der Waals surface area contributed by atoms with Crippen molar-refractivity contribution in [3.05, 3.63) is 24.3 Å². The van der Waals surface area contributed by atoms with Crippen molar-refractivity contribution in [1.82, 2.24) is 0 Å². The minimum absolute atomic E-state index is 0.0144. The summed E-state index contributed by atoms with van der Waals surface area (Å²) in [6, 6.07) is 7.06. The van der Waals surface area contributed by atoms with E-state index in [1.165, 1.54) is 0 Å². The number of methoxy groups -OCH3 is 1. The molecular formula is C20H26N2O4. The minimum atomic E-state index is -0.572. The molecule has 6 nitrogen and oxygen atoms in total. The van der Waals surface area contributed by atoms with Crippen LogP contribution in [0.2, 0.25) is 0 Å². The molecule has 2 aliphatic rings. The molecule has 6 heteroatoms. The van der Waals surface area contributed by atoms with E-state index in [1.807, 2.05) is 24.3 Å². The number of hydrogen-bond acceptors (Lipinski definition) is 6. The van der Waals surface area contributed by atoms with Crippen LogP contribution in [0.3, 0.4) is 0 Å². The van der Waals surface area contributed by atoms with Crippen molar-refractivity contribution < 1.29 is 19.0 Å². The number of carbonyl (C=O) groups excluding carboxylic acids is 1. The Morgan fingerprint density at radius 3 is 2.69 bits per heavy atom. The predicted molar refractivity (Wildman–Crippen MR) is 101 cm³/mol. The molecule has 140 valence electrons. The van der Waals surface area contributed by atoms with Gasteiger partial charge in [-0.05, 0) is 49.4 Å². The maximum absolute atomic E-state index is 12.0. The first-order valence-electron chi connectivity index (χ1n) is 8.98. The lowest BCUT2D eigenvalue weighted by molar-refractivity contribution is -0.146. The highest BCUT2D eigenvalue weighted by Gasteiger charge is 2.41. The van der Waals surface area contributed by atoms with Gasteiger partial charge in [0.2, 0.25) is 0 Å². The molecule has 0 spiro atoms. The van der Waals surface area contributed by atoms with E-state index in [0.29, 0.717) is 6.61 Å². The summed E-state index contributed by atoms with van der Waals surface area (Å²) in [4.78, 5) is 21.5. The molecule has 0 amide bonds. The van der Waals surface area contributed by atoms with Crippen molar-refractivity contribution >= 4 is 23.1 Å². The van der Waals surface area contributed by atoms with Crippen LogP contribution in [0, 0.1) is 5.41 Å². The highest BCUT2D eigenvalue weighted by Crippen LogP contribution is 2.36. The van der Waals surface area contributed by atoms with Crippen LogP contribution in [0.15, 0.2) is 34.3 Å². The van der Waals surface area contributed by atoms with Crippen molar-refractivity contribution in [3.63, 3.8) is 0 Å². The molecule has 0 N–H and O–H groups in total. The summed E-state index contributed by atoms with van der Waals surface area (Å²) >= 11 is 0. The molecule has 1 fully saturated rings. The molecule has 26 heavy (non-hydrogen) atoms. The Hall–Kier alpha value is -2.21. The van der Waals surface area contributed by atoms with Gasteiger partial charge in [-0.15, -0.1) is 0 Å². The van der Waals surface area contributed by atoms with E-state index in [-0.39, 0.29) is 24.1 Å². The van der Waals surface area contributed by atoms with Gasteiger partial charge >= 0.3 is 5.97 Å². The third-order valence-electron chi connectivity index (χ3n) is 4.57. The molecule has 1 aromatic carbocycles. The Kier molecular flexibility index (Phi) is 5.41. The van der Waals surface area contributed by atoms with Gasteiger partial charge in [-0.1, -0.05) is 13.8 Å². The van der Waals surface area contributed by atoms with Crippen LogP contribution >= 0.6 is 0 Å². The molecule has 0 bridgehead atoms. The van der Waals surface area contributed by atoms with Crippen LogP contribution < -0.4 is 4.74 Å². The Labute approximate surface area is 154 Å². The van der Waals surface area contributed by atoms with Gasteiger partial charge in [0.1, 0.15) is 11.9 Å². The van der Waals surface area contributed by atoms with E-state index in [4.69, 9.17) is 19.2 Å². The van der Waals surface area contributed by atoms with Crippen LogP contribution in [0.1, 0.15) is 33.6 Å². The van der Waals surface area contributed by atoms with Crippen molar-refractivity contribution in [2.75, 3.05) is 20.3 Å². The zero-order chi connectivity index (χ0) is 18.7. The lowest BCUT2D eigenvalue weighted by atomic mass is 9.73. The molecule has 1 saturated carbocycles. The summed E-state index contributed by atoms with van der Waals surface area (Å²) in [6.45, 7) is 6.74. The van der Waals surface area contributed by atoms with E-state index in [2.05, 4.69) is 18.8 Å². The SMILES string of the molecule is CCOC(=O)C1COC2C(=Nc3ccc(OC)cc3)CC(C)(C)CC2=N1. The highest BCUT2D eigenvalue weighted by molar-refractivity contribution is 6.14. The number of aliphatic imine (C=N–C) groups is 2. The average Bonchev–Trinajstić information content (AvgIpc) is 2.61. The summed E-state index contributed by atoms with van der Waals surface area (Å²) in [5, 5.41) is 0. The van der Waals surface area contributed by atoms with E-state index in [1.54, 1.807) is 14.0 Å². The van der Waals surface area contributed by atoms with Gasteiger partial charge in [0.25, 0.3) is 0 Å². The number of carbonyl (C=O) groups is 1. The molecule has 1 aliphatic carbocycles. The van der Waals surface area contributed by atoms with Crippen LogP contribution in [0.5, 0.6) is 5.75 Å². The van der Waals surface area contributed by atoms with Gasteiger partial charge in [0.05, 0.1) is 31.7 Å². The maximum Gasteiger partial charge on any atom is 0.333 e. The summed E-state index contributed by atoms with van der Waals surface area (Å²) in [7, 11) is 1.64. The first kappa shape index (κ1) is 18.6. The van der Waals surface area contributed by atoms with Gasteiger partial charge in [0, 0.05) is 5.71 Å². The monoisotopic (exact) mass is 358 g/mol. The third kappa shape index (κ3) is 4.12. The van der Waals surface area contributed by atoms with Crippen molar-refractivity contribution in [1.29, 1.82) is 0 Å². The summed E-state index contributed by atoms with van der Waals surface area (Å²) in [5.41, 5.74) is 2.71. The standard InChI is InChI=1S/C20H26N2O4/c1-5-25-19(23)17-12-26-18-15(10-20(2,3)11-16(18)22-17)21-13-6-8-14(24-4)9-7-13/h6-9,17-18H,5,10-12H2,1-4H3. The molecule has 1 heterocycles. The van der Waals surface area contributed by atoms with Gasteiger partial charge < -0.3 is 14.2 Å². The van der Waals surface area contributed by atoms with Crippen molar-refractivity contribution in [3.8, 4) is 5.75 Å². The fourth-order valence-corrected chi connectivity index (χ4v) is 3.43. The number of ether oxygens (including phenoxy) is 3. The molecule has 0 radical (unpaired) electrons. The number of fused-ring (bicyclic) bond motifs is 1. The van der Waals surface area contributed by atoms with Crippen LogP contribution in [-0.2, 0) is 14.3 Å². The molecular weight excluding hydrogens is 332 g/mol. The molecule has 3 rings (SSSR count). The molecule has 1 aromatic rings. The fraction of sp³-hybridized carbons (Fsp3) is 0.550. The quantitative estimate of drug-likeness (QED) is 0.774. The van der Waals surface area contributed by atoms with E-state index < -0.39 is 6.04 Å². The number of rotatable bonds is 4. The molecule has 2 unspecified atom stereocenters. The van der Waals surface area contributed by atoms with E-state index in [9.17, 15) is 4.79 Å². The lowest BCUT2D eigenvalue weighted by Crippen LogP contribution is -2.49. The summed E-state index contributed by atoms with van der Waals surface area (Å²) in [5.74, 6) is 0.474. The van der Waals surface area contributed by atoms with Gasteiger partial charge in [-0.3, -0.25) is 9.98 Å². The van der Waals surface area contributed by atoms with E-state index >= 15 is 0 Å². The van der Waals surface area contributed by atoms with Crippen molar-refractivity contribution in [2.24, 2.45) is 15.4 Å². The first-order chi connectivity index (χ1) is 12.4. The fourth-order valence-electron chi connectivity index (χ4n) is 3.43. The third-order valence-corrected chi connectivity index (χ3v) is 4.57. The molecule has 2 atom stereocenters. The van der Waals surface area contributed by atoms with Gasteiger partial charge in [0.15, 0.2) is 6.04 Å². The molecule has 0 saturated heterocycles. The number of hydrogen-bond donors (Lipinski definition) is 0. The van der Waals surface area contributed by atoms with Crippen LogP contribution in [-0.4, -0.2) is 49.9 Å². The zero-order valence-electron chi connectivity index (χ0n) is 15.8. The number of benzene rings is 1. The lowest BCUT2D eigenvalue weighted by Gasteiger charge is -2.39. The topological polar surface area (TPSA) is 69.5 Å². The second kappa shape index (κ2) is 7.58. The van der Waals surface area contributed by atoms with Crippen molar-refractivity contribution in [2.45, 2.75) is 45.8 Å². The van der Waals surface area contributed by atoms with Crippen LogP contribution in [0.4, 0.5) is 5.69 Å². The largest absolute Gasteiger partial charge is 0.497 e. The summed E-state index contributed by atoms with van der Waals surface area (Å²) < 4.78 is 16.3. The Morgan fingerprint density at radius 1 is 1.31 bits per heavy atom. The second-order valence-corrected chi connectivity index (χ2v) is 7.42. The number of nitrogens with zero attached hydrogens (tertiary/aromatic N) is 2. The Balaban J connectivity index is 1.88. The molecule has 1 aliphatic heterocycles. The van der Waals surface area contributed by atoms with Gasteiger partial charge in [-0.2, -0.15) is 0 Å². The molecule has 0 aromatic heterocycles.